The summed E-state index contributed by atoms with van der Waals surface area (Å²) in [5, 5.41) is 3.34. The minimum Gasteiger partial charge on any atom is -0.398 e. The lowest BCUT2D eigenvalue weighted by atomic mass is 10.2. The molecular weight excluding hydrogens is 274 g/mol. The number of carbonyl (C=O) groups is 1. The Labute approximate surface area is 125 Å². The molecule has 5 heteroatoms. The first-order valence-electron chi connectivity index (χ1n) is 7.11. The topological polar surface area (TPSA) is 58.4 Å². The molecule has 1 aliphatic rings. The predicted molar refractivity (Wildman–Crippen MR) is 83.1 cm³/mol. The second-order valence-corrected chi connectivity index (χ2v) is 5.82. The van der Waals surface area contributed by atoms with E-state index in [0.717, 1.165) is 6.54 Å². The molecule has 0 aliphatic heterocycles. The van der Waals surface area contributed by atoms with Crippen LogP contribution in [0.3, 0.4) is 0 Å². The molecule has 110 valence electrons. The molecule has 0 bridgehead atoms. The Bertz CT molecular complexity index is 472. The first-order valence-corrected chi connectivity index (χ1v) is 7.49. The normalized spacial score (nSPS) is 15.8. The van der Waals surface area contributed by atoms with Gasteiger partial charge < -0.3 is 16.0 Å². The van der Waals surface area contributed by atoms with Gasteiger partial charge in [-0.1, -0.05) is 24.4 Å². The number of hydrogen-bond donors (Lipinski definition) is 2. The molecule has 20 heavy (non-hydrogen) atoms. The van der Waals surface area contributed by atoms with Gasteiger partial charge in [0, 0.05) is 24.7 Å². The third kappa shape index (κ3) is 3.87. The molecule has 1 aliphatic carbocycles. The molecule has 0 atom stereocenters. The van der Waals surface area contributed by atoms with Crippen molar-refractivity contribution in [3.8, 4) is 0 Å². The van der Waals surface area contributed by atoms with Crippen molar-refractivity contribution in [3.63, 3.8) is 0 Å². The van der Waals surface area contributed by atoms with Crippen molar-refractivity contribution in [2.24, 2.45) is 0 Å². The van der Waals surface area contributed by atoms with E-state index in [-0.39, 0.29) is 5.91 Å². The fraction of sp³-hybridized carbons (Fsp3) is 0.533. The lowest BCUT2D eigenvalue weighted by molar-refractivity contribution is 0.0947. The van der Waals surface area contributed by atoms with Gasteiger partial charge in [0.2, 0.25) is 0 Å². The number of benzene rings is 1. The van der Waals surface area contributed by atoms with Crippen LogP contribution in [0.5, 0.6) is 0 Å². The number of hydrogen-bond acceptors (Lipinski definition) is 3. The molecule has 3 N–H and O–H groups in total. The Morgan fingerprint density at radius 3 is 2.80 bits per heavy atom. The van der Waals surface area contributed by atoms with E-state index in [1.807, 2.05) is 0 Å². The van der Waals surface area contributed by atoms with Crippen LogP contribution in [0.2, 0.25) is 5.02 Å². The van der Waals surface area contributed by atoms with Crippen molar-refractivity contribution in [2.75, 3.05) is 25.9 Å². The van der Waals surface area contributed by atoms with Gasteiger partial charge in [0.25, 0.3) is 5.91 Å². The van der Waals surface area contributed by atoms with Crippen molar-refractivity contribution >= 4 is 23.2 Å². The zero-order valence-corrected chi connectivity index (χ0v) is 12.6. The van der Waals surface area contributed by atoms with Crippen molar-refractivity contribution in [2.45, 2.75) is 31.7 Å². The second-order valence-electron chi connectivity index (χ2n) is 5.41. The summed E-state index contributed by atoms with van der Waals surface area (Å²) in [5.41, 5.74) is 6.67. The average Bonchev–Trinajstić information content (AvgIpc) is 2.95. The molecule has 1 aromatic rings. The largest absolute Gasteiger partial charge is 0.398 e. The minimum absolute atomic E-state index is 0.105. The number of carbonyl (C=O) groups excluding carboxylic acids is 1. The summed E-state index contributed by atoms with van der Waals surface area (Å²) in [5.74, 6) is -0.105. The van der Waals surface area contributed by atoms with Crippen LogP contribution in [0.4, 0.5) is 5.69 Å². The van der Waals surface area contributed by atoms with Gasteiger partial charge >= 0.3 is 0 Å². The highest BCUT2D eigenvalue weighted by atomic mass is 35.5. The molecule has 0 spiro atoms. The zero-order valence-electron chi connectivity index (χ0n) is 11.9. The molecule has 0 radical (unpaired) electrons. The third-order valence-corrected chi connectivity index (χ3v) is 4.29. The number of likely N-dealkylation sites (N-methyl/N-ethyl adjacent to an activating group) is 1. The van der Waals surface area contributed by atoms with Gasteiger partial charge in [0.15, 0.2) is 0 Å². The van der Waals surface area contributed by atoms with Gasteiger partial charge in [0.1, 0.15) is 0 Å². The number of nitrogens with zero attached hydrogens (tertiary/aromatic N) is 1. The highest BCUT2D eigenvalue weighted by Gasteiger charge is 2.19. The van der Waals surface area contributed by atoms with E-state index in [2.05, 4.69) is 17.3 Å². The van der Waals surface area contributed by atoms with E-state index < -0.39 is 0 Å². The highest BCUT2D eigenvalue weighted by Crippen LogP contribution is 2.22. The summed E-state index contributed by atoms with van der Waals surface area (Å²) in [7, 11) is 2.13. The van der Waals surface area contributed by atoms with E-state index in [0.29, 0.717) is 28.9 Å². The number of rotatable bonds is 5. The molecule has 0 aromatic heterocycles. The zero-order chi connectivity index (χ0) is 14.5. The summed E-state index contributed by atoms with van der Waals surface area (Å²) in [4.78, 5) is 14.3. The van der Waals surface area contributed by atoms with E-state index in [1.54, 1.807) is 18.2 Å². The van der Waals surface area contributed by atoms with E-state index in [1.165, 1.54) is 25.7 Å². The SMILES string of the molecule is CN(CCNC(=O)c1ccc(N)c(Cl)c1)C1CCCC1. The van der Waals surface area contributed by atoms with Gasteiger partial charge in [-0.2, -0.15) is 0 Å². The van der Waals surface area contributed by atoms with Crippen LogP contribution in [-0.2, 0) is 0 Å². The predicted octanol–water partition coefficient (Wildman–Crippen LogP) is 2.53. The van der Waals surface area contributed by atoms with Crippen LogP contribution in [-0.4, -0.2) is 37.0 Å². The van der Waals surface area contributed by atoms with E-state index in [4.69, 9.17) is 17.3 Å². The van der Waals surface area contributed by atoms with Gasteiger partial charge in [-0.05, 0) is 38.1 Å². The Hall–Kier alpha value is -1.26. The molecule has 1 fully saturated rings. The molecular formula is C15H22ClN3O. The van der Waals surface area contributed by atoms with Gasteiger partial charge in [-0.3, -0.25) is 4.79 Å². The number of nitrogens with one attached hydrogen (secondary N) is 1. The van der Waals surface area contributed by atoms with Crippen LogP contribution in [0, 0.1) is 0 Å². The van der Waals surface area contributed by atoms with Crippen LogP contribution in [0.15, 0.2) is 18.2 Å². The number of amides is 1. The molecule has 4 nitrogen and oxygen atoms in total. The maximum Gasteiger partial charge on any atom is 0.251 e. The molecule has 0 saturated heterocycles. The van der Waals surface area contributed by atoms with Crippen LogP contribution in [0.1, 0.15) is 36.0 Å². The quantitative estimate of drug-likeness (QED) is 0.821. The molecule has 0 heterocycles. The van der Waals surface area contributed by atoms with Crippen LogP contribution in [0.25, 0.3) is 0 Å². The maximum absolute atomic E-state index is 12.0. The number of anilines is 1. The monoisotopic (exact) mass is 295 g/mol. The Morgan fingerprint density at radius 1 is 1.45 bits per heavy atom. The summed E-state index contributed by atoms with van der Waals surface area (Å²) in [6.45, 7) is 1.52. The minimum atomic E-state index is -0.105. The van der Waals surface area contributed by atoms with E-state index in [9.17, 15) is 4.79 Å². The average molecular weight is 296 g/mol. The van der Waals surface area contributed by atoms with Crippen LogP contribution >= 0.6 is 11.6 Å². The molecule has 1 aromatic carbocycles. The first-order chi connectivity index (χ1) is 9.58. The van der Waals surface area contributed by atoms with Crippen molar-refractivity contribution < 1.29 is 4.79 Å². The summed E-state index contributed by atoms with van der Waals surface area (Å²) < 4.78 is 0. The van der Waals surface area contributed by atoms with Crippen molar-refractivity contribution in [1.29, 1.82) is 0 Å². The van der Waals surface area contributed by atoms with E-state index >= 15 is 0 Å². The fourth-order valence-electron chi connectivity index (χ4n) is 2.64. The number of nitrogens with two attached hydrogens (primary N) is 1. The molecule has 1 amide bonds. The fourth-order valence-corrected chi connectivity index (χ4v) is 2.82. The van der Waals surface area contributed by atoms with Gasteiger partial charge in [0.05, 0.1) is 10.7 Å². The van der Waals surface area contributed by atoms with Crippen molar-refractivity contribution in [1.82, 2.24) is 10.2 Å². The Kier molecular flexibility index (Phi) is 5.26. The summed E-state index contributed by atoms with van der Waals surface area (Å²) in [6, 6.07) is 5.63. The second kappa shape index (κ2) is 6.95. The highest BCUT2D eigenvalue weighted by molar-refractivity contribution is 6.33. The summed E-state index contributed by atoms with van der Waals surface area (Å²) in [6.07, 6.45) is 5.20. The number of nitrogen functional groups attached to an aromatic ring is 1. The smallest absolute Gasteiger partial charge is 0.251 e. The standard InChI is InChI=1S/C15H22ClN3O/c1-19(12-4-2-3-5-12)9-8-18-15(20)11-6-7-14(17)13(16)10-11/h6-7,10,12H,2-5,8-9,17H2,1H3,(H,18,20). The van der Waals surface area contributed by atoms with Gasteiger partial charge in [-0.15, -0.1) is 0 Å². The molecule has 0 unspecified atom stereocenters. The summed E-state index contributed by atoms with van der Waals surface area (Å²) >= 11 is 5.92. The van der Waals surface area contributed by atoms with Crippen LogP contribution < -0.4 is 11.1 Å². The lowest BCUT2D eigenvalue weighted by Crippen LogP contribution is -2.37. The lowest BCUT2D eigenvalue weighted by Gasteiger charge is -2.23. The Balaban J connectivity index is 1.78. The van der Waals surface area contributed by atoms with Gasteiger partial charge in [-0.25, -0.2) is 0 Å². The Morgan fingerprint density at radius 2 is 2.15 bits per heavy atom. The maximum atomic E-state index is 12.0. The first kappa shape index (κ1) is 15.1. The molecule has 1 saturated carbocycles. The third-order valence-electron chi connectivity index (χ3n) is 3.96. The van der Waals surface area contributed by atoms with Crippen molar-refractivity contribution in [3.05, 3.63) is 28.8 Å². The number of halogens is 1. The molecule has 2 rings (SSSR count).